The van der Waals surface area contributed by atoms with Crippen molar-refractivity contribution in [3.8, 4) is 17.2 Å². The van der Waals surface area contributed by atoms with E-state index in [1.54, 1.807) is 24.3 Å². The fraction of sp³-hybridized carbons (Fsp3) is 0.368. The molecule has 0 aromatic heterocycles. The van der Waals surface area contributed by atoms with Crippen LogP contribution in [0.25, 0.3) is 0 Å². The predicted octanol–water partition coefficient (Wildman–Crippen LogP) is 4.94. The Kier molecular flexibility index (Phi) is 6.84. The van der Waals surface area contributed by atoms with Gasteiger partial charge in [-0.1, -0.05) is 50.8 Å². The van der Waals surface area contributed by atoms with Gasteiger partial charge >= 0.3 is 0 Å². The average molecular weight is 364 g/mol. The van der Waals surface area contributed by atoms with E-state index < -0.39 is 10.1 Å². The molecule has 6 heteroatoms. The van der Waals surface area contributed by atoms with Gasteiger partial charge in [-0.15, -0.1) is 0 Å². The van der Waals surface area contributed by atoms with Crippen molar-refractivity contribution >= 4 is 10.1 Å². The summed E-state index contributed by atoms with van der Waals surface area (Å²) < 4.78 is 38.3. The van der Waals surface area contributed by atoms with E-state index in [2.05, 4.69) is 6.92 Å². The number of phenols is 1. The van der Waals surface area contributed by atoms with Crippen LogP contribution < -0.4 is 4.74 Å². The van der Waals surface area contributed by atoms with Gasteiger partial charge in [-0.3, -0.25) is 4.55 Å². The van der Waals surface area contributed by atoms with Crippen molar-refractivity contribution in [2.45, 2.75) is 50.3 Å². The number of para-hydroxylation sites is 1. The number of hydrogen-bond donors (Lipinski definition) is 2. The fourth-order valence-corrected chi connectivity index (χ4v) is 3.40. The lowest BCUT2D eigenvalue weighted by molar-refractivity contribution is 0.407. The van der Waals surface area contributed by atoms with Crippen LogP contribution in [0.4, 0.5) is 0 Å². The zero-order chi connectivity index (χ0) is 18.3. The molecule has 136 valence electrons. The highest BCUT2D eigenvalue weighted by atomic mass is 32.2. The number of aryl methyl sites for hydroxylation is 1. The Morgan fingerprint density at radius 2 is 1.68 bits per heavy atom. The highest BCUT2D eigenvalue weighted by Crippen LogP contribution is 2.35. The molecule has 2 N–H and O–H groups in total. The lowest BCUT2D eigenvalue weighted by atomic mass is 10.0. The zero-order valence-electron chi connectivity index (χ0n) is 14.3. The molecule has 0 aliphatic carbocycles. The molecule has 0 bridgehead atoms. The summed E-state index contributed by atoms with van der Waals surface area (Å²) in [6.45, 7) is 2.13. The second-order valence-electron chi connectivity index (χ2n) is 5.98. The Morgan fingerprint density at radius 3 is 2.32 bits per heavy atom. The summed E-state index contributed by atoms with van der Waals surface area (Å²) in [7, 11) is -4.41. The highest BCUT2D eigenvalue weighted by molar-refractivity contribution is 7.85. The normalized spacial score (nSPS) is 11.4. The van der Waals surface area contributed by atoms with Crippen LogP contribution in [0.2, 0.25) is 0 Å². The first kappa shape index (κ1) is 19.3. The molecule has 0 spiro atoms. The summed E-state index contributed by atoms with van der Waals surface area (Å²) in [5.41, 5.74) is 0.447. The monoisotopic (exact) mass is 364 g/mol. The molecule has 2 rings (SSSR count). The Labute approximate surface area is 149 Å². The van der Waals surface area contributed by atoms with Gasteiger partial charge in [-0.2, -0.15) is 8.42 Å². The summed E-state index contributed by atoms with van der Waals surface area (Å²) in [5.74, 6) is 0.375. The van der Waals surface area contributed by atoms with Gasteiger partial charge in [-0.05, 0) is 36.6 Å². The van der Waals surface area contributed by atoms with E-state index in [9.17, 15) is 18.1 Å². The fourth-order valence-electron chi connectivity index (χ4n) is 2.64. The Hall–Kier alpha value is -2.05. The second-order valence-corrected chi connectivity index (χ2v) is 7.37. The van der Waals surface area contributed by atoms with Crippen LogP contribution in [0.3, 0.4) is 0 Å². The molecule has 0 radical (unpaired) electrons. The maximum atomic E-state index is 11.6. The van der Waals surface area contributed by atoms with Crippen molar-refractivity contribution in [3.63, 3.8) is 0 Å². The molecule has 0 amide bonds. The summed E-state index contributed by atoms with van der Waals surface area (Å²) in [5, 5.41) is 10.1. The molecule has 25 heavy (non-hydrogen) atoms. The van der Waals surface area contributed by atoms with E-state index in [1.165, 1.54) is 6.07 Å². The van der Waals surface area contributed by atoms with E-state index in [0.29, 0.717) is 17.7 Å². The van der Waals surface area contributed by atoms with Crippen LogP contribution in [0, 0.1) is 0 Å². The molecule has 0 fully saturated rings. The lowest BCUT2D eigenvalue weighted by Gasteiger charge is -2.13. The van der Waals surface area contributed by atoms with Crippen molar-refractivity contribution in [2.24, 2.45) is 0 Å². The minimum Gasteiger partial charge on any atom is -0.504 e. The van der Waals surface area contributed by atoms with Gasteiger partial charge in [0, 0.05) is 6.07 Å². The lowest BCUT2D eigenvalue weighted by Crippen LogP contribution is -2.04. The average Bonchev–Trinajstić information content (AvgIpc) is 2.57. The first-order valence-corrected chi connectivity index (χ1v) is 9.92. The molecule has 0 atom stereocenters. The number of benzene rings is 2. The number of aromatic hydroxyl groups is 1. The first-order valence-electron chi connectivity index (χ1n) is 8.48. The van der Waals surface area contributed by atoms with E-state index >= 15 is 0 Å². The van der Waals surface area contributed by atoms with Crippen LogP contribution in [-0.4, -0.2) is 18.1 Å². The summed E-state index contributed by atoms with van der Waals surface area (Å²) in [6.07, 6.45) is 5.63. The molecule has 0 saturated carbocycles. The minimum absolute atomic E-state index is 0.169. The molecule has 0 unspecified atom stereocenters. The van der Waals surface area contributed by atoms with Crippen molar-refractivity contribution in [2.75, 3.05) is 0 Å². The standard InChI is InChI=1S/C19H24O5S/c1-2-3-4-5-7-10-15-13-18(24-16-11-8-6-9-12-16)17(20)14-19(15)25(21,22)23/h6,8-9,11-14,20H,2-5,7,10H2,1H3,(H,21,22,23). The third kappa shape index (κ3) is 5.76. The number of phenolic OH excluding ortho intramolecular Hbond substituents is 1. The predicted molar refractivity (Wildman–Crippen MR) is 96.9 cm³/mol. The Bertz CT molecular complexity index is 785. The topological polar surface area (TPSA) is 83.8 Å². The van der Waals surface area contributed by atoms with Gasteiger partial charge in [0.25, 0.3) is 10.1 Å². The van der Waals surface area contributed by atoms with Crippen molar-refractivity contribution in [1.29, 1.82) is 0 Å². The Morgan fingerprint density at radius 1 is 1.00 bits per heavy atom. The number of hydrogen-bond acceptors (Lipinski definition) is 4. The molecule has 2 aromatic rings. The van der Waals surface area contributed by atoms with Gasteiger partial charge < -0.3 is 9.84 Å². The third-order valence-corrected chi connectivity index (χ3v) is 4.88. The summed E-state index contributed by atoms with van der Waals surface area (Å²) >= 11 is 0. The van der Waals surface area contributed by atoms with Gasteiger partial charge in [0.1, 0.15) is 10.6 Å². The van der Waals surface area contributed by atoms with Crippen LogP contribution in [0.15, 0.2) is 47.4 Å². The smallest absolute Gasteiger partial charge is 0.294 e. The maximum absolute atomic E-state index is 11.6. The van der Waals surface area contributed by atoms with E-state index in [-0.39, 0.29) is 16.4 Å². The summed E-state index contributed by atoms with van der Waals surface area (Å²) in [4.78, 5) is -0.263. The van der Waals surface area contributed by atoms with Crippen molar-refractivity contribution < 1.29 is 22.8 Å². The number of ether oxygens (including phenoxy) is 1. The van der Waals surface area contributed by atoms with Crippen molar-refractivity contribution in [3.05, 3.63) is 48.0 Å². The molecule has 0 aliphatic heterocycles. The van der Waals surface area contributed by atoms with Gasteiger partial charge in [0.15, 0.2) is 11.5 Å². The molecule has 0 saturated heterocycles. The molecule has 2 aromatic carbocycles. The zero-order valence-corrected chi connectivity index (χ0v) is 15.1. The number of rotatable bonds is 9. The summed E-state index contributed by atoms with van der Waals surface area (Å²) in [6, 6.07) is 11.5. The first-order chi connectivity index (χ1) is 11.9. The van der Waals surface area contributed by atoms with Gasteiger partial charge in [-0.25, -0.2) is 0 Å². The van der Waals surface area contributed by atoms with Gasteiger partial charge in [0.05, 0.1) is 0 Å². The van der Waals surface area contributed by atoms with E-state index in [4.69, 9.17) is 4.74 Å². The Balaban J connectivity index is 2.25. The van der Waals surface area contributed by atoms with Crippen LogP contribution in [-0.2, 0) is 16.5 Å². The SMILES string of the molecule is CCCCCCCc1cc(Oc2ccccc2)c(O)cc1S(=O)(=O)O. The molecule has 5 nitrogen and oxygen atoms in total. The largest absolute Gasteiger partial charge is 0.504 e. The molecular formula is C19H24O5S. The quantitative estimate of drug-likeness (QED) is 0.486. The van der Waals surface area contributed by atoms with Gasteiger partial charge in [0.2, 0.25) is 0 Å². The van der Waals surface area contributed by atoms with Crippen molar-refractivity contribution in [1.82, 2.24) is 0 Å². The molecule has 0 aliphatic rings. The third-order valence-electron chi connectivity index (χ3n) is 3.94. The van der Waals surface area contributed by atoms with Crippen LogP contribution in [0.1, 0.15) is 44.6 Å². The minimum atomic E-state index is -4.41. The van der Waals surface area contributed by atoms with Crippen LogP contribution >= 0.6 is 0 Å². The van der Waals surface area contributed by atoms with E-state index in [0.717, 1.165) is 38.2 Å². The van der Waals surface area contributed by atoms with E-state index in [1.807, 2.05) is 6.07 Å². The second kappa shape index (κ2) is 8.87. The maximum Gasteiger partial charge on any atom is 0.294 e. The number of unbranched alkanes of at least 4 members (excludes halogenated alkanes) is 4. The highest BCUT2D eigenvalue weighted by Gasteiger charge is 2.19. The molecule has 0 heterocycles. The van der Waals surface area contributed by atoms with Crippen LogP contribution in [0.5, 0.6) is 17.2 Å². The molecular weight excluding hydrogens is 340 g/mol.